The zero-order valence-corrected chi connectivity index (χ0v) is 19.3. The first-order chi connectivity index (χ1) is 15.1. The monoisotopic (exact) mass is 458 g/mol. The van der Waals surface area contributed by atoms with Crippen LogP contribution in [-0.2, 0) is 9.53 Å². The third-order valence-corrected chi connectivity index (χ3v) is 7.21. The highest BCUT2D eigenvalue weighted by molar-refractivity contribution is 7.16. The molecule has 6 nitrogen and oxygen atoms in total. The van der Waals surface area contributed by atoms with Crippen molar-refractivity contribution in [2.75, 3.05) is 25.0 Å². The van der Waals surface area contributed by atoms with E-state index in [4.69, 9.17) is 9.15 Å². The second kappa shape index (κ2) is 9.80. The van der Waals surface area contributed by atoms with E-state index in [2.05, 4.69) is 33.1 Å². The maximum absolute atomic E-state index is 12.6. The summed E-state index contributed by atoms with van der Waals surface area (Å²) >= 11 is 3.23. The van der Waals surface area contributed by atoms with Crippen molar-refractivity contribution in [3.05, 3.63) is 63.1 Å². The van der Waals surface area contributed by atoms with Crippen LogP contribution in [0.2, 0.25) is 0 Å². The van der Waals surface area contributed by atoms with Crippen LogP contribution in [0.25, 0.3) is 0 Å². The van der Waals surface area contributed by atoms with Crippen molar-refractivity contribution in [1.29, 1.82) is 0 Å². The minimum atomic E-state index is -0.252. The lowest BCUT2D eigenvalue weighted by Crippen LogP contribution is -2.39. The summed E-state index contributed by atoms with van der Waals surface area (Å²) in [4.78, 5) is 28.3. The largest absolute Gasteiger partial charge is 0.466 e. The van der Waals surface area contributed by atoms with E-state index >= 15 is 0 Å². The van der Waals surface area contributed by atoms with Gasteiger partial charge in [0.1, 0.15) is 5.00 Å². The molecule has 1 amide bonds. The zero-order chi connectivity index (χ0) is 21.8. The van der Waals surface area contributed by atoms with Crippen LogP contribution >= 0.6 is 22.7 Å². The Bertz CT molecular complexity index is 1000. The first-order valence-electron chi connectivity index (χ1n) is 10.4. The van der Waals surface area contributed by atoms with Gasteiger partial charge in [-0.3, -0.25) is 14.5 Å². The number of hydrogen-bond acceptors (Lipinski definition) is 7. The van der Waals surface area contributed by atoms with Gasteiger partial charge in [0.15, 0.2) is 5.76 Å². The standard InChI is InChI=1S/C23H26N2O4S2/c1-3-28-23(27)16-6-9-25(10-7-16)20(17-8-12-30-14-17)18-13-15(2)31-22(18)24-21(26)19-5-4-11-29-19/h4-5,8,11-14,16,20H,3,6-7,9-10H2,1-2H3,(H,24,26)/t20-/m1/s1. The molecule has 164 valence electrons. The third kappa shape index (κ3) is 4.92. The molecule has 0 unspecified atom stereocenters. The predicted octanol–water partition coefficient (Wildman–Crippen LogP) is 5.33. The Morgan fingerprint density at radius 3 is 2.77 bits per heavy atom. The number of likely N-dealkylation sites (tertiary alicyclic amines) is 1. The van der Waals surface area contributed by atoms with Gasteiger partial charge in [-0.15, -0.1) is 11.3 Å². The van der Waals surface area contributed by atoms with Gasteiger partial charge < -0.3 is 14.5 Å². The highest BCUT2D eigenvalue weighted by Gasteiger charge is 2.33. The topological polar surface area (TPSA) is 71.8 Å². The van der Waals surface area contributed by atoms with Gasteiger partial charge in [0, 0.05) is 10.4 Å². The summed E-state index contributed by atoms with van der Waals surface area (Å²) in [6.07, 6.45) is 3.05. The van der Waals surface area contributed by atoms with E-state index in [-0.39, 0.29) is 23.8 Å². The van der Waals surface area contributed by atoms with Gasteiger partial charge in [-0.1, -0.05) is 0 Å². The Morgan fingerprint density at radius 2 is 2.13 bits per heavy atom. The fourth-order valence-electron chi connectivity index (χ4n) is 4.08. The quantitative estimate of drug-likeness (QED) is 0.485. The number of nitrogens with zero attached hydrogens (tertiary/aromatic N) is 1. The van der Waals surface area contributed by atoms with Gasteiger partial charge in [-0.05, 0) is 80.4 Å². The lowest BCUT2D eigenvalue weighted by molar-refractivity contribution is -0.149. The van der Waals surface area contributed by atoms with Crippen LogP contribution in [0.1, 0.15) is 52.4 Å². The fraction of sp³-hybridized carbons (Fsp3) is 0.391. The van der Waals surface area contributed by atoms with Crippen LogP contribution in [0.15, 0.2) is 45.7 Å². The summed E-state index contributed by atoms with van der Waals surface area (Å²) in [5.74, 6) is -0.0915. The number of esters is 1. The molecule has 1 aliphatic rings. The number of aryl methyl sites for hydroxylation is 1. The number of hydrogen-bond donors (Lipinski definition) is 1. The van der Waals surface area contributed by atoms with E-state index in [1.165, 1.54) is 11.8 Å². The molecule has 1 N–H and O–H groups in total. The van der Waals surface area contributed by atoms with E-state index in [0.29, 0.717) is 12.4 Å². The molecule has 3 aromatic heterocycles. The van der Waals surface area contributed by atoms with E-state index in [0.717, 1.165) is 41.4 Å². The SMILES string of the molecule is CCOC(=O)C1CCN([C@H](c2ccsc2)c2cc(C)sc2NC(=O)c2ccco2)CC1. The minimum absolute atomic E-state index is 0.0197. The predicted molar refractivity (Wildman–Crippen MR) is 123 cm³/mol. The molecule has 1 saturated heterocycles. The fourth-order valence-corrected chi connectivity index (χ4v) is 5.70. The molecule has 0 aliphatic carbocycles. The Kier molecular flexibility index (Phi) is 6.89. The highest BCUT2D eigenvalue weighted by atomic mass is 32.1. The van der Waals surface area contributed by atoms with Crippen LogP contribution in [0.5, 0.6) is 0 Å². The zero-order valence-electron chi connectivity index (χ0n) is 17.6. The second-order valence-electron chi connectivity index (χ2n) is 7.59. The molecule has 1 fully saturated rings. The third-order valence-electron chi connectivity index (χ3n) is 5.52. The molecule has 4 rings (SSSR count). The van der Waals surface area contributed by atoms with Crippen LogP contribution in [0.4, 0.5) is 5.00 Å². The number of rotatable bonds is 7. The number of piperidine rings is 1. The second-order valence-corrected chi connectivity index (χ2v) is 9.63. The van der Waals surface area contributed by atoms with Gasteiger partial charge in [0.25, 0.3) is 5.91 Å². The first-order valence-corrected chi connectivity index (χ1v) is 12.2. The summed E-state index contributed by atoms with van der Waals surface area (Å²) in [5.41, 5.74) is 2.28. The smallest absolute Gasteiger partial charge is 0.309 e. The summed E-state index contributed by atoms with van der Waals surface area (Å²) in [5, 5.41) is 8.12. The molecule has 31 heavy (non-hydrogen) atoms. The van der Waals surface area contributed by atoms with E-state index in [9.17, 15) is 9.59 Å². The van der Waals surface area contributed by atoms with Gasteiger partial charge in [0.2, 0.25) is 0 Å². The number of thiophene rings is 2. The van der Waals surface area contributed by atoms with Crippen molar-refractivity contribution < 1.29 is 18.7 Å². The van der Waals surface area contributed by atoms with Crippen molar-refractivity contribution >= 4 is 39.6 Å². The average Bonchev–Trinajstić information content (AvgIpc) is 3.52. The van der Waals surface area contributed by atoms with Gasteiger partial charge in [0.05, 0.1) is 24.8 Å². The maximum Gasteiger partial charge on any atom is 0.309 e. The molecular formula is C23H26N2O4S2. The number of nitrogens with one attached hydrogen (secondary N) is 1. The van der Waals surface area contributed by atoms with Crippen LogP contribution in [-0.4, -0.2) is 36.5 Å². The number of ether oxygens (including phenoxy) is 1. The molecule has 1 aliphatic heterocycles. The van der Waals surface area contributed by atoms with Crippen molar-refractivity contribution in [3.63, 3.8) is 0 Å². The van der Waals surface area contributed by atoms with Gasteiger partial charge in [-0.25, -0.2) is 0 Å². The van der Waals surface area contributed by atoms with Crippen LogP contribution in [0.3, 0.4) is 0 Å². The summed E-state index contributed by atoms with van der Waals surface area (Å²) in [6, 6.07) is 7.68. The highest BCUT2D eigenvalue weighted by Crippen LogP contribution is 2.41. The molecular weight excluding hydrogens is 432 g/mol. The lowest BCUT2D eigenvalue weighted by Gasteiger charge is -2.37. The van der Waals surface area contributed by atoms with Crippen molar-refractivity contribution in [1.82, 2.24) is 4.90 Å². The molecule has 8 heteroatoms. The number of amides is 1. The molecule has 0 radical (unpaired) electrons. The summed E-state index contributed by atoms with van der Waals surface area (Å²) in [7, 11) is 0. The first kappa shape index (κ1) is 21.8. The van der Waals surface area contributed by atoms with Crippen LogP contribution in [0, 0.1) is 12.8 Å². The Labute approximate surface area is 189 Å². The Balaban J connectivity index is 1.58. The van der Waals surface area contributed by atoms with Gasteiger partial charge in [-0.2, -0.15) is 11.3 Å². The van der Waals surface area contributed by atoms with Crippen molar-refractivity contribution in [2.45, 2.75) is 32.7 Å². The maximum atomic E-state index is 12.6. The molecule has 1 atom stereocenters. The normalized spacial score (nSPS) is 16.2. The molecule has 0 saturated carbocycles. The molecule has 0 spiro atoms. The van der Waals surface area contributed by atoms with E-state index in [1.807, 2.05) is 13.8 Å². The van der Waals surface area contributed by atoms with Crippen molar-refractivity contribution in [2.24, 2.45) is 5.92 Å². The van der Waals surface area contributed by atoms with Gasteiger partial charge >= 0.3 is 5.97 Å². The number of carbonyl (C=O) groups is 2. The summed E-state index contributed by atoms with van der Waals surface area (Å²) in [6.45, 7) is 5.91. The molecule has 0 bridgehead atoms. The number of carbonyl (C=O) groups excluding carboxylic acids is 2. The van der Waals surface area contributed by atoms with E-state index < -0.39 is 0 Å². The molecule has 4 heterocycles. The van der Waals surface area contributed by atoms with E-state index in [1.54, 1.807) is 34.8 Å². The summed E-state index contributed by atoms with van der Waals surface area (Å²) < 4.78 is 10.5. The number of anilines is 1. The Morgan fingerprint density at radius 1 is 1.32 bits per heavy atom. The Hall–Kier alpha value is -2.42. The average molecular weight is 459 g/mol. The van der Waals surface area contributed by atoms with Crippen molar-refractivity contribution in [3.8, 4) is 0 Å². The van der Waals surface area contributed by atoms with Crippen LogP contribution < -0.4 is 5.32 Å². The minimum Gasteiger partial charge on any atom is -0.466 e. The molecule has 0 aromatic carbocycles. The molecule has 3 aromatic rings. The lowest BCUT2D eigenvalue weighted by atomic mass is 9.92. The number of furan rings is 1.